The van der Waals surface area contributed by atoms with Crippen molar-refractivity contribution in [3.05, 3.63) is 12.7 Å². The maximum absolute atomic E-state index is 5.06. The van der Waals surface area contributed by atoms with Crippen LogP contribution in [0.1, 0.15) is 19.8 Å². The lowest BCUT2D eigenvalue weighted by atomic mass is 10.1. The summed E-state index contributed by atoms with van der Waals surface area (Å²) in [6.07, 6.45) is 4.25. The van der Waals surface area contributed by atoms with E-state index in [2.05, 4.69) is 18.8 Å². The molecular weight excluding hydrogens is 138 g/mol. The molecule has 1 atom stereocenters. The molecule has 1 heterocycles. The Bertz CT molecular complexity index is 121. The minimum atomic E-state index is 0.599. The predicted octanol–water partition coefficient (Wildman–Crippen LogP) is 1.33. The summed E-state index contributed by atoms with van der Waals surface area (Å²) in [5.41, 5.74) is 0. The van der Waals surface area contributed by atoms with Gasteiger partial charge < -0.3 is 10.1 Å². The first kappa shape index (κ1) is 8.75. The highest BCUT2D eigenvalue weighted by atomic mass is 16.5. The number of hydrogen-bond acceptors (Lipinski definition) is 2. The number of ether oxygens (including phenoxy) is 1. The van der Waals surface area contributed by atoms with Crippen LogP contribution >= 0.6 is 0 Å². The molecule has 2 nitrogen and oxygen atoms in total. The second-order valence-electron chi connectivity index (χ2n) is 3.17. The highest BCUT2D eigenvalue weighted by molar-refractivity contribution is 4.78. The Morgan fingerprint density at radius 3 is 2.91 bits per heavy atom. The third-order valence-corrected chi connectivity index (χ3v) is 1.96. The van der Waals surface area contributed by atoms with Gasteiger partial charge in [0.1, 0.15) is 0 Å². The lowest BCUT2D eigenvalue weighted by Gasteiger charge is -2.30. The van der Waals surface area contributed by atoms with Crippen molar-refractivity contribution in [3.63, 3.8) is 0 Å². The second kappa shape index (κ2) is 4.52. The molecule has 1 fully saturated rings. The fraction of sp³-hybridized carbons (Fsp3) is 0.778. The molecule has 1 saturated heterocycles. The number of nitrogens with one attached hydrogen (secondary N) is 1. The van der Waals surface area contributed by atoms with Crippen molar-refractivity contribution in [2.24, 2.45) is 0 Å². The molecule has 2 heteroatoms. The highest BCUT2D eigenvalue weighted by Crippen LogP contribution is 2.04. The van der Waals surface area contributed by atoms with Crippen LogP contribution in [-0.2, 0) is 4.74 Å². The maximum atomic E-state index is 5.06. The normalized spacial score (nSPS) is 20.8. The Hall–Kier alpha value is -0.340. The molecule has 1 N–H and O–H groups in total. The standard InChI is InChI=1S/C9H17NO/c1-3-4-5-8(2)10-9-6-11-7-9/h3,8-10H,1,4-7H2,2H3. The molecule has 0 spiro atoms. The molecule has 0 aliphatic carbocycles. The fourth-order valence-electron chi connectivity index (χ4n) is 1.19. The van der Waals surface area contributed by atoms with Gasteiger partial charge in [0.15, 0.2) is 0 Å². The molecule has 64 valence electrons. The topological polar surface area (TPSA) is 21.3 Å². The summed E-state index contributed by atoms with van der Waals surface area (Å²) in [6.45, 7) is 7.68. The Labute approximate surface area is 68.6 Å². The Kier molecular flexibility index (Phi) is 3.60. The molecule has 0 aromatic heterocycles. The Morgan fingerprint density at radius 2 is 2.45 bits per heavy atom. The predicted molar refractivity (Wildman–Crippen MR) is 46.6 cm³/mol. The van der Waals surface area contributed by atoms with Gasteiger partial charge in [-0.3, -0.25) is 0 Å². The largest absolute Gasteiger partial charge is 0.378 e. The van der Waals surface area contributed by atoms with Crippen molar-refractivity contribution in [1.29, 1.82) is 0 Å². The molecule has 1 unspecified atom stereocenters. The van der Waals surface area contributed by atoms with Gasteiger partial charge in [0.2, 0.25) is 0 Å². The van der Waals surface area contributed by atoms with E-state index >= 15 is 0 Å². The van der Waals surface area contributed by atoms with Gasteiger partial charge in [-0.1, -0.05) is 6.08 Å². The van der Waals surface area contributed by atoms with Crippen LogP contribution in [0.5, 0.6) is 0 Å². The minimum Gasteiger partial charge on any atom is -0.378 e. The lowest BCUT2D eigenvalue weighted by Crippen LogP contribution is -2.49. The smallest absolute Gasteiger partial charge is 0.0643 e. The molecule has 0 radical (unpaired) electrons. The first-order valence-corrected chi connectivity index (χ1v) is 4.27. The van der Waals surface area contributed by atoms with E-state index < -0.39 is 0 Å². The van der Waals surface area contributed by atoms with Crippen molar-refractivity contribution in [3.8, 4) is 0 Å². The van der Waals surface area contributed by atoms with Gasteiger partial charge >= 0.3 is 0 Å². The lowest BCUT2D eigenvalue weighted by molar-refractivity contribution is -0.00943. The molecule has 11 heavy (non-hydrogen) atoms. The summed E-state index contributed by atoms with van der Waals surface area (Å²) in [6, 6.07) is 1.21. The second-order valence-corrected chi connectivity index (χ2v) is 3.17. The SMILES string of the molecule is C=CCCC(C)NC1COC1. The van der Waals surface area contributed by atoms with Crippen LogP contribution in [0, 0.1) is 0 Å². The number of hydrogen-bond donors (Lipinski definition) is 1. The van der Waals surface area contributed by atoms with Crippen molar-refractivity contribution in [1.82, 2.24) is 5.32 Å². The van der Waals surface area contributed by atoms with Crippen LogP contribution in [0.4, 0.5) is 0 Å². The summed E-state index contributed by atoms with van der Waals surface area (Å²) in [5, 5.41) is 3.48. The monoisotopic (exact) mass is 155 g/mol. The van der Waals surface area contributed by atoms with Crippen molar-refractivity contribution >= 4 is 0 Å². The van der Waals surface area contributed by atoms with Gasteiger partial charge in [0.25, 0.3) is 0 Å². The summed E-state index contributed by atoms with van der Waals surface area (Å²) in [4.78, 5) is 0. The summed E-state index contributed by atoms with van der Waals surface area (Å²) in [5.74, 6) is 0. The molecule has 0 aromatic carbocycles. The average molecular weight is 155 g/mol. The van der Waals surface area contributed by atoms with E-state index in [0.29, 0.717) is 12.1 Å². The molecule has 1 rings (SSSR count). The molecule has 1 aliphatic heterocycles. The van der Waals surface area contributed by atoms with E-state index in [4.69, 9.17) is 4.74 Å². The summed E-state index contributed by atoms with van der Waals surface area (Å²) < 4.78 is 5.06. The van der Waals surface area contributed by atoms with Gasteiger partial charge in [-0.25, -0.2) is 0 Å². The zero-order valence-electron chi connectivity index (χ0n) is 7.18. The van der Waals surface area contributed by atoms with Crippen molar-refractivity contribution in [2.45, 2.75) is 31.8 Å². The van der Waals surface area contributed by atoms with Crippen molar-refractivity contribution < 1.29 is 4.74 Å². The van der Waals surface area contributed by atoms with Gasteiger partial charge in [-0.2, -0.15) is 0 Å². The van der Waals surface area contributed by atoms with Crippen LogP contribution in [-0.4, -0.2) is 25.3 Å². The number of allylic oxidation sites excluding steroid dienone is 1. The third kappa shape index (κ3) is 3.04. The van der Waals surface area contributed by atoms with Crippen molar-refractivity contribution in [2.75, 3.05) is 13.2 Å². The zero-order chi connectivity index (χ0) is 8.10. The Balaban J connectivity index is 1.99. The van der Waals surface area contributed by atoms with Gasteiger partial charge in [0, 0.05) is 6.04 Å². The zero-order valence-corrected chi connectivity index (χ0v) is 7.18. The van der Waals surface area contributed by atoms with Gasteiger partial charge in [-0.15, -0.1) is 6.58 Å². The van der Waals surface area contributed by atoms with Gasteiger partial charge in [-0.05, 0) is 19.8 Å². The van der Waals surface area contributed by atoms with Crippen LogP contribution in [0.25, 0.3) is 0 Å². The van der Waals surface area contributed by atoms with Crippen LogP contribution < -0.4 is 5.32 Å². The molecular formula is C9H17NO. The average Bonchev–Trinajstić information content (AvgIpc) is 1.93. The number of rotatable bonds is 5. The van der Waals surface area contributed by atoms with E-state index in [1.165, 1.54) is 6.42 Å². The van der Waals surface area contributed by atoms with E-state index in [-0.39, 0.29) is 0 Å². The van der Waals surface area contributed by atoms with E-state index in [9.17, 15) is 0 Å². The maximum Gasteiger partial charge on any atom is 0.0643 e. The van der Waals surface area contributed by atoms with E-state index in [1.807, 2.05) is 6.08 Å². The molecule has 0 bridgehead atoms. The molecule has 0 saturated carbocycles. The first-order valence-electron chi connectivity index (χ1n) is 4.27. The van der Waals surface area contributed by atoms with Crippen LogP contribution in [0.2, 0.25) is 0 Å². The highest BCUT2D eigenvalue weighted by Gasteiger charge is 2.19. The molecule has 1 aliphatic rings. The van der Waals surface area contributed by atoms with Crippen LogP contribution in [0.15, 0.2) is 12.7 Å². The van der Waals surface area contributed by atoms with Gasteiger partial charge in [0.05, 0.1) is 19.3 Å². The quantitative estimate of drug-likeness (QED) is 0.605. The fourth-order valence-corrected chi connectivity index (χ4v) is 1.19. The van der Waals surface area contributed by atoms with E-state index in [1.54, 1.807) is 0 Å². The third-order valence-electron chi connectivity index (χ3n) is 1.96. The minimum absolute atomic E-state index is 0.599. The van der Waals surface area contributed by atoms with E-state index in [0.717, 1.165) is 19.6 Å². The first-order chi connectivity index (χ1) is 5.33. The molecule has 0 amide bonds. The molecule has 0 aromatic rings. The van der Waals surface area contributed by atoms with Crippen LogP contribution in [0.3, 0.4) is 0 Å². The summed E-state index contributed by atoms with van der Waals surface area (Å²) >= 11 is 0. The Morgan fingerprint density at radius 1 is 1.73 bits per heavy atom. The summed E-state index contributed by atoms with van der Waals surface area (Å²) in [7, 11) is 0.